The Bertz CT molecular complexity index is 622. The fourth-order valence-electron chi connectivity index (χ4n) is 2.89. The Kier molecular flexibility index (Phi) is 8.19. The first kappa shape index (κ1) is 21.7. The largest absolute Gasteiger partial charge is 0.339 e. The molecule has 25 heavy (non-hydrogen) atoms. The highest BCUT2D eigenvalue weighted by molar-refractivity contribution is 6.33. The monoisotopic (exact) mass is 387 g/mol. The number of nitrogens with one attached hydrogen (secondary N) is 1. The highest BCUT2D eigenvalue weighted by Gasteiger charge is 2.26. The molecule has 2 unspecified atom stereocenters. The van der Waals surface area contributed by atoms with E-state index in [1.165, 1.54) is 0 Å². The molecule has 1 aliphatic rings. The van der Waals surface area contributed by atoms with Crippen LogP contribution in [0.3, 0.4) is 0 Å². The average molecular weight is 388 g/mol. The summed E-state index contributed by atoms with van der Waals surface area (Å²) in [7, 11) is 1.75. The zero-order valence-corrected chi connectivity index (χ0v) is 16.5. The molecule has 2 amide bonds. The van der Waals surface area contributed by atoms with E-state index in [0.29, 0.717) is 22.7 Å². The van der Waals surface area contributed by atoms with Crippen molar-refractivity contribution in [2.45, 2.75) is 51.6 Å². The molecular formula is C18H27Cl2N3O2. The summed E-state index contributed by atoms with van der Waals surface area (Å²) >= 11 is 6.19. The average Bonchev–Trinajstić information content (AvgIpc) is 2.55. The lowest BCUT2D eigenvalue weighted by Gasteiger charge is -2.26. The third kappa shape index (κ3) is 5.59. The predicted octanol–water partition coefficient (Wildman–Crippen LogP) is 3.70. The van der Waals surface area contributed by atoms with Crippen LogP contribution in [0.1, 0.15) is 49.9 Å². The fourth-order valence-corrected chi connectivity index (χ4v) is 3.06. The number of anilines is 1. The van der Waals surface area contributed by atoms with E-state index in [0.717, 1.165) is 19.3 Å². The number of rotatable bonds is 4. The van der Waals surface area contributed by atoms with Crippen molar-refractivity contribution in [1.82, 2.24) is 4.90 Å². The van der Waals surface area contributed by atoms with Crippen LogP contribution in [-0.4, -0.2) is 35.8 Å². The van der Waals surface area contributed by atoms with Gasteiger partial charge in [0.15, 0.2) is 0 Å². The molecule has 0 bridgehead atoms. The topological polar surface area (TPSA) is 75.4 Å². The van der Waals surface area contributed by atoms with Gasteiger partial charge < -0.3 is 16.0 Å². The Balaban J connectivity index is 0.00000312. The van der Waals surface area contributed by atoms with Crippen molar-refractivity contribution >= 4 is 41.5 Å². The van der Waals surface area contributed by atoms with Crippen LogP contribution in [0.25, 0.3) is 0 Å². The quantitative estimate of drug-likeness (QED) is 0.826. The van der Waals surface area contributed by atoms with Crippen LogP contribution in [0.2, 0.25) is 5.02 Å². The van der Waals surface area contributed by atoms with Crippen LogP contribution in [0.15, 0.2) is 18.2 Å². The minimum absolute atomic E-state index is 0. The first-order valence-corrected chi connectivity index (χ1v) is 8.80. The van der Waals surface area contributed by atoms with Crippen LogP contribution in [0.5, 0.6) is 0 Å². The normalized spacial score (nSPS) is 19.9. The summed E-state index contributed by atoms with van der Waals surface area (Å²) < 4.78 is 0. The third-order valence-electron chi connectivity index (χ3n) is 4.65. The Morgan fingerprint density at radius 3 is 2.60 bits per heavy atom. The maximum Gasteiger partial charge on any atom is 0.253 e. The van der Waals surface area contributed by atoms with Crippen molar-refractivity contribution in [3.8, 4) is 0 Å². The van der Waals surface area contributed by atoms with E-state index in [1.807, 2.05) is 13.8 Å². The SMILES string of the molecule is CC(C)N(C)C(=O)c1ccc(Cl)c(NC(=O)C2CCCC(N)C2)c1.Cl. The Labute approximate surface area is 160 Å². The minimum Gasteiger partial charge on any atom is -0.339 e. The number of hydrogen-bond donors (Lipinski definition) is 2. The van der Waals surface area contributed by atoms with E-state index < -0.39 is 0 Å². The lowest BCUT2D eigenvalue weighted by atomic mass is 9.85. The van der Waals surface area contributed by atoms with E-state index in [1.54, 1.807) is 30.1 Å². The van der Waals surface area contributed by atoms with Crippen LogP contribution in [0, 0.1) is 5.92 Å². The smallest absolute Gasteiger partial charge is 0.253 e. The third-order valence-corrected chi connectivity index (χ3v) is 4.98. The zero-order chi connectivity index (χ0) is 17.9. The maximum absolute atomic E-state index is 12.5. The molecule has 140 valence electrons. The summed E-state index contributed by atoms with van der Waals surface area (Å²) in [5, 5.41) is 3.29. The molecule has 0 spiro atoms. The second-order valence-corrected chi connectivity index (χ2v) is 7.22. The number of carbonyl (C=O) groups excluding carboxylic acids is 2. The number of benzene rings is 1. The van der Waals surface area contributed by atoms with E-state index in [4.69, 9.17) is 17.3 Å². The van der Waals surface area contributed by atoms with E-state index >= 15 is 0 Å². The number of nitrogens with two attached hydrogens (primary N) is 1. The highest BCUT2D eigenvalue weighted by atomic mass is 35.5. The lowest BCUT2D eigenvalue weighted by Crippen LogP contribution is -2.34. The summed E-state index contributed by atoms with van der Waals surface area (Å²) in [5.41, 5.74) is 6.94. The second-order valence-electron chi connectivity index (χ2n) is 6.82. The first-order valence-electron chi connectivity index (χ1n) is 8.42. The summed E-state index contributed by atoms with van der Waals surface area (Å²) in [4.78, 5) is 26.5. The lowest BCUT2D eigenvalue weighted by molar-refractivity contribution is -0.120. The Morgan fingerprint density at radius 1 is 1.32 bits per heavy atom. The molecule has 2 rings (SSSR count). The zero-order valence-electron chi connectivity index (χ0n) is 14.9. The summed E-state index contributed by atoms with van der Waals surface area (Å²) in [5.74, 6) is -0.270. The van der Waals surface area contributed by atoms with Gasteiger partial charge >= 0.3 is 0 Å². The van der Waals surface area contributed by atoms with Crippen molar-refractivity contribution in [3.63, 3.8) is 0 Å². The number of nitrogens with zero attached hydrogens (tertiary/aromatic N) is 1. The van der Waals surface area contributed by atoms with Crippen molar-refractivity contribution in [2.24, 2.45) is 11.7 Å². The number of carbonyl (C=O) groups is 2. The molecule has 1 aromatic rings. The molecule has 1 aliphatic carbocycles. The van der Waals surface area contributed by atoms with Gasteiger partial charge in [0.2, 0.25) is 5.91 Å². The molecule has 5 nitrogen and oxygen atoms in total. The highest BCUT2D eigenvalue weighted by Crippen LogP contribution is 2.28. The van der Waals surface area contributed by atoms with Gasteiger partial charge in [-0.05, 0) is 51.3 Å². The van der Waals surface area contributed by atoms with Crippen LogP contribution in [0.4, 0.5) is 5.69 Å². The summed E-state index contributed by atoms with van der Waals surface area (Å²) in [6, 6.07) is 5.14. The van der Waals surface area contributed by atoms with Gasteiger partial charge in [0.05, 0.1) is 10.7 Å². The molecule has 0 aliphatic heterocycles. The van der Waals surface area contributed by atoms with Crippen LogP contribution < -0.4 is 11.1 Å². The van der Waals surface area contributed by atoms with Gasteiger partial charge in [-0.1, -0.05) is 18.0 Å². The standard InChI is InChI=1S/C18H26ClN3O2.ClH/c1-11(2)22(3)18(24)13-7-8-15(19)16(10-13)21-17(23)12-5-4-6-14(20)9-12;/h7-8,10-12,14H,4-6,9,20H2,1-3H3,(H,21,23);1H. The minimum atomic E-state index is -0.100. The molecule has 0 saturated heterocycles. The number of amides is 2. The van der Waals surface area contributed by atoms with Gasteiger partial charge in [0.25, 0.3) is 5.91 Å². The van der Waals surface area contributed by atoms with Gasteiger partial charge in [-0.25, -0.2) is 0 Å². The van der Waals surface area contributed by atoms with Gasteiger partial charge in [-0.15, -0.1) is 12.4 Å². The molecule has 0 radical (unpaired) electrons. The maximum atomic E-state index is 12.5. The van der Waals surface area contributed by atoms with Crippen molar-refractivity contribution < 1.29 is 9.59 Å². The molecule has 1 aromatic carbocycles. The molecule has 7 heteroatoms. The van der Waals surface area contributed by atoms with Gasteiger partial charge in [0.1, 0.15) is 0 Å². The first-order chi connectivity index (χ1) is 11.3. The molecule has 0 aromatic heterocycles. The van der Waals surface area contributed by atoms with Crippen LogP contribution in [-0.2, 0) is 4.79 Å². The number of hydrogen-bond acceptors (Lipinski definition) is 3. The molecular weight excluding hydrogens is 361 g/mol. The molecule has 1 fully saturated rings. The molecule has 0 heterocycles. The van der Waals surface area contributed by atoms with Crippen molar-refractivity contribution in [1.29, 1.82) is 0 Å². The van der Waals surface area contributed by atoms with Gasteiger partial charge in [0, 0.05) is 30.6 Å². The van der Waals surface area contributed by atoms with Gasteiger partial charge in [-0.2, -0.15) is 0 Å². The fraction of sp³-hybridized carbons (Fsp3) is 0.556. The summed E-state index contributed by atoms with van der Waals surface area (Å²) in [6.45, 7) is 3.89. The number of halogens is 2. The van der Waals surface area contributed by atoms with E-state index in [2.05, 4.69) is 5.32 Å². The van der Waals surface area contributed by atoms with Crippen molar-refractivity contribution in [3.05, 3.63) is 28.8 Å². The molecule has 1 saturated carbocycles. The summed E-state index contributed by atoms with van der Waals surface area (Å²) in [6.07, 6.45) is 3.46. The predicted molar refractivity (Wildman–Crippen MR) is 104 cm³/mol. The second kappa shape index (κ2) is 9.41. The van der Waals surface area contributed by atoms with E-state index in [9.17, 15) is 9.59 Å². The molecule has 2 atom stereocenters. The van der Waals surface area contributed by atoms with E-state index in [-0.39, 0.29) is 42.2 Å². The molecule has 3 N–H and O–H groups in total. The Morgan fingerprint density at radius 2 is 2.00 bits per heavy atom. The Hall–Kier alpha value is -1.30. The van der Waals surface area contributed by atoms with Crippen LogP contribution >= 0.6 is 24.0 Å². The van der Waals surface area contributed by atoms with Crippen molar-refractivity contribution in [2.75, 3.05) is 12.4 Å². The van der Waals surface area contributed by atoms with Gasteiger partial charge in [-0.3, -0.25) is 9.59 Å².